The van der Waals surface area contributed by atoms with Crippen LogP contribution in [0.1, 0.15) is 15.9 Å². The normalized spacial score (nSPS) is 11.7. The van der Waals surface area contributed by atoms with Crippen LogP contribution in [0.5, 0.6) is 0 Å². The largest absolute Gasteiger partial charge is 0.344 e. The zero-order valence-corrected chi connectivity index (χ0v) is 15.6. The Morgan fingerprint density at radius 1 is 0.923 bits per heavy atom. The van der Waals surface area contributed by atoms with Crippen molar-refractivity contribution in [1.29, 1.82) is 0 Å². The van der Waals surface area contributed by atoms with E-state index in [0.717, 1.165) is 11.1 Å². The lowest BCUT2D eigenvalue weighted by atomic mass is 10.1. The second-order valence-electron chi connectivity index (χ2n) is 6.17. The van der Waals surface area contributed by atoms with Gasteiger partial charge in [0.15, 0.2) is 5.78 Å². The van der Waals surface area contributed by atoms with Gasteiger partial charge in [-0.15, -0.1) is 0 Å². The van der Waals surface area contributed by atoms with Crippen molar-refractivity contribution in [2.24, 2.45) is 7.05 Å². The molecule has 0 fully saturated rings. The van der Waals surface area contributed by atoms with Crippen LogP contribution in [0, 0.1) is 0 Å². The average Bonchev–Trinajstić information content (AvgIpc) is 2.94. The first kappa shape index (κ1) is 16.9. The Bertz CT molecular complexity index is 1190. The molecule has 0 saturated heterocycles. The summed E-state index contributed by atoms with van der Waals surface area (Å²) < 4.78 is 2.18. The van der Waals surface area contributed by atoms with E-state index < -0.39 is 0 Å². The lowest BCUT2D eigenvalue weighted by molar-refractivity contribution is 0.104. The van der Waals surface area contributed by atoms with Gasteiger partial charge in [-0.1, -0.05) is 53.5 Å². The number of ketones is 1. The summed E-state index contributed by atoms with van der Waals surface area (Å²) in [5.41, 5.74) is 3.71. The first-order valence-corrected chi connectivity index (χ1v) is 8.95. The van der Waals surface area contributed by atoms with Crippen LogP contribution in [0.15, 0.2) is 66.7 Å². The molecule has 0 bridgehead atoms. The predicted octanol–water partition coefficient (Wildman–Crippen LogP) is 6.53. The smallest absolute Gasteiger partial charge is 0.187 e. The third-order valence-corrected chi connectivity index (χ3v) is 5.12. The van der Waals surface area contributed by atoms with Crippen molar-refractivity contribution in [2.75, 3.05) is 0 Å². The Labute approximate surface area is 161 Å². The summed E-state index contributed by atoms with van der Waals surface area (Å²) in [5.74, 6) is -0.171. The van der Waals surface area contributed by atoms with Crippen LogP contribution in [-0.4, -0.2) is 10.4 Å². The third kappa shape index (κ3) is 2.92. The molecule has 4 rings (SSSR count). The molecule has 0 N–H and O–H groups in total. The van der Waals surface area contributed by atoms with Crippen molar-refractivity contribution in [3.05, 3.63) is 87.9 Å². The van der Waals surface area contributed by atoms with Gasteiger partial charge in [-0.3, -0.25) is 4.79 Å². The molecule has 1 aromatic heterocycles. The van der Waals surface area contributed by atoms with Crippen molar-refractivity contribution in [1.82, 2.24) is 4.57 Å². The van der Waals surface area contributed by atoms with E-state index in [2.05, 4.69) is 35.9 Å². The van der Waals surface area contributed by atoms with Gasteiger partial charge in [0.05, 0.1) is 5.02 Å². The first-order valence-electron chi connectivity index (χ1n) is 8.19. The maximum Gasteiger partial charge on any atom is 0.187 e. The lowest BCUT2D eigenvalue weighted by Crippen LogP contribution is -1.95. The SMILES string of the molecule is Cn1c2ccccc2c2cc(/C=C/C(=O)c3cc(Cl)ccc3Cl)ccc21. The van der Waals surface area contributed by atoms with Gasteiger partial charge in [0.25, 0.3) is 0 Å². The van der Waals surface area contributed by atoms with E-state index >= 15 is 0 Å². The topological polar surface area (TPSA) is 22.0 Å². The Morgan fingerprint density at radius 2 is 1.69 bits per heavy atom. The number of benzene rings is 3. The van der Waals surface area contributed by atoms with Crippen LogP contribution in [-0.2, 0) is 7.05 Å². The molecule has 4 aromatic rings. The maximum atomic E-state index is 12.4. The van der Waals surface area contributed by atoms with Crippen LogP contribution in [0.3, 0.4) is 0 Å². The minimum Gasteiger partial charge on any atom is -0.344 e. The van der Waals surface area contributed by atoms with Gasteiger partial charge in [0, 0.05) is 39.4 Å². The number of nitrogens with zero attached hydrogens (tertiary/aromatic N) is 1. The summed E-state index contributed by atoms with van der Waals surface area (Å²) in [6, 6.07) is 19.4. The van der Waals surface area contributed by atoms with E-state index in [1.54, 1.807) is 24.3 Å². The number of fused-ring (bicyclic) bond motifs is 3. The fraction of sp³-hybridized carbons (Fsp3) is 0.0455. The Hall–Kier alpha value is -2.55. The van der Waals surface area contributed by atoms with Gasteiger partial charge in [-0.2, -0.15) is 0 Å². The van der Waals surface area contributed by atoms with Crippen LogP contribution in [0.25, 0.3) is 27.9 Å². The summed E-state index contributed by atoms with van der Waals surface area (Å²) in [4.78, 5) is 12.4. The molecule has 128 valence electrons. The molecule has 0 aliphatic heterocycles. The van der Waals surface area contributed by atoms with E-state index in [1.165, 1.54) is 22.4 Å². The molecule has 0 spiro atoms. The van der Waals surface area contributed by atoms with E-state index in [9.17, 15) is 4.79 Å². The molecule has 0 aliphatic carbocycles. The highest BCUT2D eigenvalue weighted by Crippen LogP contribution is 2.29. The number of carbonyl (C=O) groups is 1. The monoisotopic (exact) mass is 379 g/mol. The second-order valence-corrected chi connectivity index (χ2v) is 7.02. The molecule has 1 heterocycles. The molecule has 0 atom stereocenters. The van der Waals surface area contributed by atoms with Gasteiger partial charge in [-0.05, 0) is 48.0 Å². The number of aromatic nitrogens is 1. The van der Waals surface area contributed by atoms with E-state index in [0.29, 0.717) is 15.6 Å². The van der Waals surface area contributed by atoms with Crippen molar-refractivity contribution in [3.63, 3.8) is 0 Å². The van der Waals surface area contributed by atoms with E-state index in [-0.39, 0.29) is 5.78 Å². The molecular formula is C22H15Cl2NO. The van der Waals surface area contributed by atoms with E-state index in [1.807, 2.05) is 18.2 Å². The number of para-hydroxylation sites is 1. The number of hydrogen-bond acceptors (Lipinski definition) is 1. The number of hydrogen-bond donors (Lipinski definition) is 0. The first-order chi connectivity index (χ1) is 12.5. The third-order valence-electron chi connectivity index (χ3n) is 4.56. The Kier molecular flexibility index (Phi) is 4.31. The highest BCUT2D eigenvalue weighted by Gasteiger charge is 2.09. The lowest BCUT2D eigenvalue weighted by Gasteiger charge is -2.01. The maximum absolute atomic E-state index is 12.4. The molecule has 2 nitrogen and oxygen atoms in total. The van der Waals surface area contributed by atoms with E-state index in [4.69, 9.17) is 23.2 Å². The Balaban J connectivity index is 1.73. The quantitative estimate of drug-likeness (QED) is 0.292. The van der Waals surface area contributed by atoms with Gasteiger partial charge < -0.3 is 4.57 Å². The predicted molar refractivity (Wildman–Crippen MR) is 110 cm³/mol. The van der Waals surface area contributed by atoms with Crippen LogP contribution < -0.4 is 0 Å². The highest BCUT2D eigenvalue weighted by molar-refractivity contribution is 6.36. The number of halogens is 2. The van der Waals surface area contributed by atoms with Crippen LogP contribution >= 0.6 is 23.2 Å². The fourth-order valence-corrected chi connectivity index (χ4v) is 3.62. The summed E-state index contributed by atoms with van der Waals surface area (Å²) in [6.45, 7) is 0. The van der Waals surface area contributed by atoms with Gasteiger partial charge in [-0.25, -0.2) is 0 Å². The highest BCUT2D eigenvalue weighted by atomic mass is 35.5. The minimum absolute atomic E-state index is 0.171. The van der Waals surface area contributed by atoms with Crippen molar-refractivity contribution < 1.29 is 4.79 Å². The van der Waals surface area contributed by atoms with Crippen molar-refractivity contribution >= 4 is 56.9 Å². The van der Waals surface area contributed by atoms with Crippen molar-refractivity contribution in [3.8, 4) is 0 Å². The molecule has 3 aromatic carbocycles. The standard InChI is InChI=1S/C22H15Cl2NO/c1-25-20-5-3-2-4-16(20)17-12-14(6-10-21(17)25)7-11-22(26)18-13-15(23)8-9-19(18)24/h2-13H,1H3/b11-7+. The van der Waals surface area contributed by atoms with Gasteiger partial charge in [0.2, 0.25) is 0 Å². The fourth-order valence-electron chi connectivity index (χ4n) is 3.24. The average molecular weight is 380 g/mol. The second kappa shape index (κ2) is 6.64. The molecular weight excluding hydrogens is 365 g/mol. The molecule has 0 aliphatic rings. The molecule has 0 amide bonds. The summed E-state index contributed by atoms with van der Waals surface area (Å²) in [5, 5.41) is 3.25. The zero-order chi connectivity index (χ0) is 18.3. The molecule has 26 heavy (non-hydrogen) atoms. The Morgan fingerprint density at radius 3 is 2.54 bits per heavy atom. The number of aryl methyl sites for hydroxylation is 1. The van der Waals surface area contributed by atoms with Crippen molar-refractivity contribution in [2.45, 2.75) is 0 Å². The van der Waals surface area contributed by atoms with Gasteiger partial charge >= 0.3 is 0 Å². The zero-order valence-electron chi connectivity index (χ0n) is 14.0. The minimum atomic E-state index is -0.171. The molecule has 0 saturated carbocycles. The number of allylic oxidation sites excluding steroid dienone is 1. The number of rotatable bonds is 3. The summed E-state index contributed by atoms with van der Waals surface area (Å²) >= 11 is 12.1. The molecule has 4 heteroatoms. The van der Waals surface area contributed by atoms with Crippen LogP contribution in [0.4, 0.5) is 0 Å². The van der Waals surface area contributed by atoms with Gasteiger partial charge in [0.1, 0.15) is 0 Å². The molecule has 0 radical (unpaired) electrons. The summed E-state index contributed by atoms with van der Waals surface area (Å²) in [7, 11) is 2.06. The molecule has 0 unspecified atom stereocenters. The summed E-state index contributed by atoms with van der Waals surface area (Å²) in [6.07, 6.45) is 3.34. The number of carbonyl (C=O) groups excluding carboxylic acids is 1. The van der Waals surface area contributed by atoms with Crippen LogP contribution in [0.2, 0.25) is 10.0 Å².